The first kappa shape index (κ1) is 31.8. The van der Waals surface area contributed by atoms with Crippen molar-refractivity contribution in [2.45, 2.75) is 103 Å². The fraction of sp³-hybridized carbons (Fsp3) is 0.750. The van der Waals surface area contributed by atoms with Gasteiger partial charge in [-0.3, -0.25) is 19.2 Å². The van der Waals surface area contributed by atoms with Crippen LogP contribution < -0.4 is 10.6 Å². The van der Waals surface area contributed by atoms with Crippen LogP contribution in [0, 0.1) is 0 Å². The fourth-order valence-electron chi connectivity index (χ4n) is 4.38. The molecule has 39 heavy (non-hydrogen) atoms. The topological polar surface area (TPSA) is 202 Å². The molecule has 15 heteroatoms. The summed E-state index contributed by atoms with van der Waals surface area (Å²) in [5, 5.41) is 14.9. The maximum absolute atomic E-state index is 12.4. The summed E-state index contributed by atoms with van der Waals surface area (Å²) in [6, 6.07) is -1.30. The van der Waals surface area contributed by atoms with E-state index in [9.17, 15) is 33.9 Å². The molecule has 2 amide bonds. The predicted octanol–water partition coefficient (Wildman–Crippen LogP) is 0.171. The standard InChI is InChI=1S/C24H36N2O13/c1-12(27)25-19-18(37-15(4)30)17(36-14(3)29)16(10-34-13(2)28)38-24(19)9-8-23(11-35-24,20(31)32)26-21(33)39-22(5,6)7/h16-19H,8-11H2,1-7H3,(H,25,27)(H,26,33)(H,31,32)/t16-,17+,18+,19-,23+,24+/m1/s1. The van der Waals surface area contributed by atoms with Gasteiger partial charge >= 0.3 is 30.0 Å². The molecule has 0 aromatic carbocycles. The maximum atomic E-state index is 12.4. The summed E-state index contributed by atoms with van der Waals surface area (Å²) >= 11 is 0. The number of amides is 2. The summed E-state index contributed by atoms with van der Waals surface area (Å²) in [4.78, 5) is 72.5. The third-order valence-electron chi connectivity index (χ3n) is 5.87. The molecule has 0 unspecified atom stereocenters. The molecule has 220 valence electrons. The van der Waals surface area contributed by atoms with Crippen LogP contribution in [0.3, 0.4) is 0 Å². The Morgan fingerprint density at radius 2 is 1.51 bits per heavy atom. The van der Waals surface area contributed by atoms with E-state index in [2.05, 4.69) is 10.6 Å². The summed E-state index contributed by atoms with van der Waals surface area (Å²) in [6.07, 6.45) is -5.51. The Morgan fingerprint density at radius 3 is 1.95 bits per heavy atom. The SMILES string of the molecule is CC(=O)N[C@@H]1[C@@H](OC(C)=O)[C@@H](OC(C)=O)[C@@H](COC(C)=O)O[C@@]12CC[C@@](NC(=O)OC(C)(C)C)(C(=O)O)CO2. The number of carboxylic acid groups (broad SMARTS) is 1. The molecule has 2 aliphatic rings. The van der Waals surface area contributed by atoms with Gasteiger partial charge in [0.25, 0.3) is 0 Å². The van der Waals surface area contributed by atoms with Crippen molar-refractivity contribution in [1.29, 1.82) is 0 Å². The van der Waals surface area contributed by atoms with E-state index in [0.29, 0.717) is 0 Å². The lowest BCUT2D eigenvalue weighted by atomic mass is 9.81. The van der Waals surface area contributed by atoms with Gasteiger partial charge in [0, 0.05) is 34.1 Å². The summed E-state index contributed by atoms with van der Waals surface area (Å²) in [6.45, 7) is 8.25. The van der Waals surface area contributed by atoms with Crippen LogP contribution in [0.4, 0.5) is 4.79 Å². The molecule has 0 bridgehead atoms. The second-order valence-electron chi connectivity index (χ2n) is 10.4. The Balaban J connectivity index is 2.51. The van der Waals surface area contributed by atoms with Crippen molar-refractivity contribution in [3.8, 4) is 0 Å². The lowest BCUT2D eigenvalue weighted by Gasteiger charge is -2.54. The van der Waals surface area contributed by atoms with Gasteiger partial charge in [-0.1, -0.05) is 0 Å². The van der Waals surface area contributed by atoms with Gasteiger partial charge in [0.2, 0.25) is 5.91 Å². The number of aliphatic carboxylic acids is 1. The number of carbonyl (C=O) groups excluding carboxylic acids is 5. The van der Waals surface area contributed by atoms with Crippen molar-refractivity contribution in [2.24, 2.45) is 0 Å². The van der Waals surface area contributed by atoms with Crippen LogP contribution in [0.1, 0.15) is 61.3 Å². The number of rotatable bonds is 7. The molecule has 0 aromatic rings. The largest absolute Gasteiger partial charge is 0.479 e. The van der Waals surface area contributed by atoms with E-state index in [0.717, 1.165) is 20.8 Å². The first-order chi connectivity index (χ1) is 17.9. The van der Waals surface area contributed by atoms with E-state index in [1.165, 1.54) is 6.92 Å². The zero-order valence-corrected chi connectivity index (χ0v) is 23.0. The molecule has 2 fully saturated rings. The van der Waals surface area contributed by atoms with E-state index in [-0.39, 0.29) is 12.8 Å². The van der Waals surface area contributed by atoms with Crippen molar-refractivity contribution in [2.75, 3.05) is 13.2 Å². The Morgan fingerprint density at radius 1 is 0.923 bits per heavy atom. The average Bonchev–Trinajstić information content (AvgIpc) is 2.76. The monoisotopic (exact) mass is 560 g/mol. The molecule has 0 aromatic heterocycles. The number of carboxylic acids is 1. The smallest absolute Gasteiger partial charge is 0.408 e. The van der Waals surface area contributed by atoms with Crippen LogP contribution in [0.25, 0.3) is 0 Å². The highest BCUT2D eigenvalue weighted by molar-refractivity contribution is 5.85. The number of hydrogen-bond acceptors (Lipinski definition) is 12. The highest BCUT2D eigenvalue weighted by atomic mass is 16.7. The van der Waals surface area contributed by atoms with E-state index in [1.54, 1.807) is 20.8 Å². The molecule has 6 atom stereocenters. The van der Waals surface area contributed by atoms with Crippen LogP contribution in [0.15, 0.2) is 0 Å². The van der Waals surface area contributed by atoms with E-state index >= 15 is 0 Å². The molecule has 0 aliphatic carbocycles. The van der Waals surface area contributed by atoms with Gasteiger partial charge in [0.15, 0.2) is 23.5 Å². The van der Waals surface area contributed by atoms with Gasteiger partial charge < -0.3 is 44.2 Å². The minimum absolute atomic E-state index is 0.263. The van der Waals surface area contributed by atoms with Gasteiger partial charge in [0.1, 0.15) is 24.4 Å². The van der Waals surface area contributed by atoms with Crippen molar-refractivity contribution >= 4 is 35.9 Å². The molecular formula is C24H36N2O13. The minimum atomic E-state index is -1.94. The minimum Gasteiger partial charge on any atom is -0.479 e. The van der Waals surface area contributed by atoms with E-state index in [1.807, 2.05) is 0 Å². The summed E-state index contributed by atoms with van der Waals surface area (Å²) in [5.74, 6) is -6.10. The van der Waals surface area contributed by atoms with Crippen molar-refractivity contribution in [3.63, 3.8) is 0 Å². The molecule has 2 aliphatic heterocycles. The molecule has 15 nitrogen and oxygen atoms in total. The Kier molecular flexibility index (Phi) is 9.90. The van der Waals surface area contributed by atoms with Crippen LogP contribution in [0.2, 0.25) is 0 Å². The Labute approximate surface area is 225 Å². The van der Waals surface area contributed by atoms with Gasteiger partial charge in [-0.25, -0.2) is 9.59 Å². The number of nitrogens with one attached hydrogen (secondary N) is 2. The van der Waals surface area contributed by atoms with Gasteiger partial charge in [-0.2, -0.15) is 0 Å². The molecule has 1 spiro atoms. The van der Waals surface area contributed by atoms with Crippen molar-refractivity contribution < 1.29 is 62.3 Å². The van der Waals surface area contributed by atoms with Crippen LogP contribution >= 0.6 is 0 Å². The Hall–Kier alpha value is -3.46. The summed E-state index contributed by atoms with van der Waals surface area (Å²) < 4.78 is 33.2. The molecule has 0 radical (unpaired) electrons. The van der Waals surface area contributed by atoms with E-state index in [4.69, 9.17) is 28.4 Å². The zero-order chi connectivity index (χ0) is 29.8. The molecule has 2 heterocycles. The van der Waals surface area contributed by atoms with Gasteiger partial charge in [-0.05, 0) is 27.2 Å². The highest BCUT2D eigenvalue weighted by Crippen LogP contribution is 2.42. The van der Waals surface area contributed by atoms with Crippen LogP contribution in [-0.4, -0.2) is 95.5 Å². The lowest BCUT2D eigenvalue weighted by molar-refractivity contribution is -0.353. The average molecular weight is 561 g/mol. The number of hydrogen-bond donors (Lipinski definition) is 3. The maximum Gasteiger partial charge on any atom is 0.408 e. The molecule has 3 N–H and O–H groups in total. The number of carbonyl (C=O) groups is 6. The van der Waals surface area contributed by atoms with Gasteiger partial charge in [0.05, 0.1) is 6.61 Å². The van der Waals surface area contributed by atoms with Gasteiger partial charge in [-0.15, -0.1) is 0 Å². The number of ether oxygens (including phenoxy) is 6. The summed E-state index contributed by atoms with van der Waals surface area (Å²) in [7, 11) is 0. The predicted molar refractivity (Wildman–Crippen MR) is 128 cm³/mol. The molecule has 2 saturated heterocycles. The molecular weight excluding hydrogens is 524 g/mol. The Bertz CT molecular complexity index is 981. The number of alkyl carbamates (subject to hydrolysis) is 1. The van der Waals surface area contributed by atoms with Crippen LogP contribution in [-0.2, 0) is 52.4 Å². The first-order valence-corrected chi connectivity index (χ1v) is 12.2. The van der Waals surface area contributed by atoms with E-state index < -0.39 is 90.4 Å². The highest BCUT2D eigenvalue weighted by Gasteiger charge is 2.63. The third kappa shape index (κ3) is 8.26. The third-order valence-corrected chi connectivity index (χ3v) is 5.87. The summed E-state index contributed by atoms with van der Waals surface area (Å²) in [5.41, 5.74) is -2.84. The molecule has 2 rings (SSSR count). The normalized spacial score (nSPS) is 30.4. The number of esters is 3. The first-order valence-electron chi connectivity index (χ1n) is 12.2. The second kappa shape index (κ2) is 12.2. The zero-order valence-electron chi connectivity index (χ0n) is 23.0. The lowest BCUT2D eigenvalue weighted by Crippen LogP contribution is -2.75. The fourth-order valence-corrected chi connectivity index (χ4v) is 4.38. The van der Waals surface area contributed by atoms with Crippen molar-refractivity contribution in [3.05, 3.63) is 0 Å². The molecule has 0 saturated carbocycles. The quantitative estimate of drug-likeness (QED) is 0.281. The van der Waals surface area contributed by atoms with Crippen molar-refractivity contribution in [1.82, 2.24) is 10.6 Å². The second-order valence-corrected chi connectivity index (χ2v) is 10.4. The van der Waals surface area contributed by atoms with Crippen LogP contribution in [0.5, 0.6) is 0 Å².